The van der Waals surface area contributed by atoms with E-state index >= 15 is 0 Å². The van der Waals surface area contributed by atoms with E-state index in [4.69, 9.17) is 9.47 Å². The number of methoxy groups -OCH3 is 1. The van der Waals surface area contributed by atoms with Crippen molar-refractivity contribution in [1.82, 2.24) is 0 Å². The van der Waals surface area contributed by atoms with Gasteiger partial charge in [0.25, 0.3) is 0 Å². The third-order valence-corrected chi connectivity index (χ3v) is 3.76. The summed E-state index contributed by atoms with van der Waals surface area (Å²) in [6, 6.07) is 13.2. The maximum atomic E-state index is 11.9. The molecule has 0 aliphatic heterocycles. The van der Waals surface area contributed by atoms with Crippen LogP contribution in [0.5, 0.6) is 11.5 Å². The van der Waals surface area contributed by atoms with Gasteiger partial charge in [0.15, 0.2) is 0 Å². The lowest BCUT2D eigenvalue weighted by Crippen LogP contribution is -2.16. The van der Waals surface area contributed by atoms with Crippen molar-refractivity contribution in [1.29, 1.82) is 0 Å². The zero-order valence-corrected chi connectivity index (χ0v) is 13.7. The van der Waals surface area contributed by atoms with Crippen molar-refractivity contribution in [3.63, 3.8) is 0 Å². The van der Waals surface area contributed by atoms with Gasteiger partial charge in [-0.15, -0.1) is 0 Å². The van der Waals surface area contributed by atoms with Gasteiger partial charge in [-0.05, 0) is 38.0 Å². The van der Waals surface area contributed by atoms with Gasteiger partial charge in [0.2, 0.25) is 0 Å². The Hall–Kier alpha value is -2.49. The van der Waals surface area contributed by atoms with Gasteiger partial charge in [-0.3, -0.25) is 4.79 Å². The Morgan fingerprint density at radius 2 is 1.91 bits per heavy atom. The largest absolute Gasteiger partial charge is 0.496 e. The summed E-state index contributed by atoms with van der Waals surface area (Å²) in [5, 5.41) is 9.72. The highest BCUT2D eigenvalue weighted by molar-refractivity contribution is 5.78. The van der Waals surface area contributed by atoms with Crippen LogP contribution in [0.15, 0.2) is 42.5 Å². The molecule has 0 saturated carbocycles. The maximum absolute atomic E-state index is 11.9. The van der Waals surface area contributed by atoms with E-state index in [2.05, 4.69) is 0 Å². The Labute approximate surface area is 136 Å². The second-order valence-electron chi connectivity index (χ2n) is 5.38. The average Bonchev–Trinajstić information content (AvgIpc) is 2.54. The number of carbonyl (C=O) groups is 1. The van der Waals surface area contributed by atoms with Gasteiger partial charge >= 0.3 is 5.97 Å². The molecule has 1 N–H and O–H groups in total. The Bertz CT molecular complexity index is 679. The highest BCUT2D eigenvalue weighted by atomic mass is 16.5. The van der Waals surface area contributed by atoms with E-state index in [1.165, 1.54) is 0 Å². The normalized spacial score (nSPS) is 11.8. The number of carboxylic acid groups (broad SMARTS) is 1. The molecule has 122 valence electrons. The summed E-state index contributed by atoms with van der Waals surface area (Å²) < 4.78 is 11.0. The molecule has 1 unspecified atom stereocenters. The van der Waals surface area contributed by atoms with Crippen LogP contribution >= 0.6 is 0 Å². The van der Waals surface area contributed by atoms with Gasteiger partial charge in [0.1, 0.15) is 11.5 Å². The molecule has 0 bridgehead atoms. The Kier molecular flexibility index (Phi) is 5.63. The molecular formula is C19H22O4. The zero-order chi connectivity index (χ0) is 16.8. The fourth-order valence-corrected chi connectivity index (χ4v) is 2.65. The summed E-state index contributed by atoms with van der Waals surface area (Å²) in [4.78, 5) is 11.9. The van der Waals surface area contributed by atoms with Crippen LogP contribution in [0.4, 0.5) is 0 Å². The molecule has 2 rings (SSSR count). The summed E-state index contributed by atoms with van der Waals surface area (Å²) in [7, 11) is 1.56. The summed E-state index contributed by atoms with van der Waals surface area (Å²) >= 11 is 0. The van der Waals surface area contributed by atoms with Gasteiger partial charge < -0.3 is 14.6 Å². The SMILES string of the molecule is CCOc1ccccc1CC(C(=O)O)c1cc(C)ccc1OC. The van der Waals surface area contributed by atoms with E-state index in [0.29, 0.717) is 24.3 Å². The molecule has 23 heavy (non-hydrogen) atoms. The zero-order valence-electron chi connectivity index (χ0n) is 13.7. The van der Waals surface area contributed by atoms with Crippen LogP contribution in [0.1, 0.15) is 29.5 Å². The molecule has 0 saturated heterocycles. The second kappa shape index (κ2) is 7.68. The van der Waals surface area contributed by atoms with Gasteiger partial charge in [0, 0.05) is 5.56 Å². The molecule has 2 aromatic carbocycles. The summed E-state index contributed by atoms with van der Waals surface area (Å²) in [5.74, 6) is -0.239. The highest BCUT2D eigenvalue weighted by Crippen LogP contribution is 2.33. The van der Waals surface area contributed by atoms with Gasteiger partial charge in [-0.1, -0.05) is 35.9 Å². The predicted octanol–water partition coefficient (Wildman–Crippen LogP) is 3.81. The quantitative estimate of drug-likeness (QED) is 0.844. The molecule has 2 aromatic rings. The lowest BCUT2D eigenvalue weighted by molar-refractivity contribution is -0.138. The van der Waals surface area contributed by atoms with Crippen LogP contribution in [-0.4, -0.2) is 24.8 Å². The Morgan fingerprint density at radius 3 is 2.57 bits per heavy atom. The molecule has 0 amide bonds. The molecule has 1 atom stereocenters. The van der Waals surface area contributed by atoms with Crippen LogP contribution in [0, 0.1) is 6.92 Å². The van der Waals surface area contributed by atoms with Gasteiger partial charge in [0.05, 0.1) is 19.6 Å². The standard InChI is InChI=1S/C19H22O4/c1-4-23-17-8-6-5-7-14(17)12-16(19(20)21)15-11-13(2)9-10-18(15)22-3/h5-11,16H,4,12H2,1-3H3,(H,20,21). The highest BCUT2D eigenvalue weighted by Gasteiger charge is 2.25. The molecule has 4 nitrogen and oxygen atoms in total. The lowest BCUT2D eigenvalue weighted by Gasteiger charge is -2.18. The van der Waals surface area contributed by atoms with Crippen LogP contribution in [-0.2, 0) is 11.2 Å². The number of ether oxygens (including phenoxy) is 2. The minimum atomic E-state index is -0.875. The minimum absolute atomic E-state index is 0.353. The van der Waals surface area contributed by atoms with E-state index in [9.17, 15) is 9.90 Å². The van der Waals surface area contributed by atoms with E-state index in [1.807, 2.05) is 56.3 Å². The molecule has 0 spiro atoms. The van der Waals surface area contributed by atoms with Crippen molar-refractivity contribution >= 4 is 5.97 Å². The van der Waals surface area contributed by atoms with Crippen LogP contribution in [0.3, 0.4) is 0 Å². The van der Waals surface area contributed by atoms with Crippen molar-refractivity contribution in [2.24, 2.45) is 0 Å². The first-order valence-corrected chi connectivity index (χ1v) is 7.64. The van der Waals surface area contributed by atoms with E-state index in [1.54, 1.807) is 7.11 Å². The molecule has 0 fully saturated rings. The fourth-order valence-electron chi connectivity index (χ4n) is 2.65. The molecule has 0 aromatic heterocycles. The first kappa shape index (κ1) is 16.9. The maximum Gasteiger partial charge on any atom is 0.311 e. The molecule has 4 heteroatoms. The Balaban J connectivity index is 2.41. The fraction of sp³-hybridized carbons (Fsp3) is 0.316. The van der Waals surface area contributed by atoms with Crippen molar-refractivity contribution in [2.45, 2.75) is 26.2 Å². The number of benzene rings is 2. The summed E-state index contributed by atoms with van der Waals surface area (Å²) in [6.45, 7) is 4.40. The van der Waals surface area contributed by atoms with E-state index in [-0.39, 0.29) is 0 Å². The predicted molar refractivity (Wildman–Crippen MR) is 89.4 cm³/mol. The smallest absolute Gasteiger partial charge is 0.311 e. The minimum Gasteiger partial charge on any atom is -0.496 e. The molecule has 0 radical (unpaired) electrons. The first-order chi connectivity index (χ1) is 11.1. The Morgan fingerprint density at radius 1 is 1.17 bits per heavy atom. The third kappa shape index (κ3) is 4.03. The van der Waals surface area contributed by atoms with Crippen LogP contribution in [0.25, 0.3) is 0 Å². The molecule has 0 aliphatic carbocycles. The monoisotopic (exact) mass is 314 g/mol. The summed E-state index contributed by atoms with van der Waals surface area (Å²) in [5.41, 5.74) is 2.57. The van der Waals surface area contributed by atoms with E-state index in [0.717, 1.165) is 16.9 Å². The topological polar surface area (TPSA) is 55.8 Å². The number of para-hydroxylation sites is 1. The molecule has 0 heterocycles. The van der Waals surface area contributed by atoms with Crippen LogP contribution < -0.4 is 9.47 Å². The molecular weight excluding hydrogens is 292 g/mol. The summed E-state index contributed by atoms with van der Waals surface area (Å²) in [6.07, 6.45) is 0.353. The van der Waals surface area contributed by atoms with Gasteiger partial charge in [-0.2, -0.15) is 0 Å². The third-order valence-electron chi connectivity index (χ3n) is 3.76. The average molecular weight is 314 g/mol. The van der Waals surface area contributed by atoms with Crippen LogP contribution in [0.2, 0.25) is 0 Å². The van der Waals surface area contributed by atoms with Crippen molar-refractivity contribution in [3.05, 3.63) is 59.2 Å². The first-order valence-electron chi connectivity index (χ1n) is 7.64. The number of aryl methyl sites for hydroxylation is 1. The van der Waals surface area contributed by atoms with Gasteiger partial charge in [-0.25, -0.2) is 0 Å². The number of aliphatic carboxylic acids is 1. The lowest BCUT2D eigenvalue weighted by atomic mass is 9.90. The number of hydrogen-bond donors (Lipinski definition) is 1. The number of rotatable bonds is 7. The van der Waals surface area contributed by atoms with Crippen molar-refractivity contribution in [2.75, 3.05) is 13.7 Å². The van der Waals surface area contributed by atoms with Crippen molar-refractivity contribution in [3.8, 4) is 11.5 Å². The molecule has 0 aliphatic rings. The van der Waals surface area contributed by atoms with E-state index < -0.39 is 11.9 Å². The second-order valence-corrected chi connectivity index (χ2v) is 5.38. The number of carboxylic acids is 1. The van der Waals surface area contributed by atoms with Crippen molar-refractivity contribution < 1.29 is 19.4 Å². The number of hydrogen-bond acceptors (Lipinski definition) is 3.